The Hall–Kier alpha value is -0.660. The lowest BCUT2D eigenvalue weighted by atomic mass is 10.0. The molecule has 0 aromatic carbocycles. The number of carboxylic acids is 1. The van der Waals surface area contributed by atoms with E-state index in [-0.39, 0.29) is 25.3 Å². The highest BCUT2D eigenvalue weighted by molar-refractivity contribution is 7.89. The third-order valence-electron chi connectivity index (χ3n) is 2.63. The zero-order valence-electron chi connectivity index (χ0n) is 11.3. The summed E-state index contributed by atoms with van der Waals surface area (Å²) in [5, 5.41) is 8.57. The van der Waals surface area contributed by atoms with Crippen molar-refractivity contribution in [1.82, 2.24) is 4.31 Å². The molecule has 0 atom stereocenters. The fourth-order valence-corrected chi connectivity index (χ4v) is 3.97. The van der Waals surface area contributed by atoms with E-state index in [4.69, 9.17) is 9.84 Å². The van der Waals surface area contributed by atoms with Crippen LogP contribution in [0, 0.1) is 0 Å². The maximum absolute atomic E-state index is 12.1. The Labute approximate surface area is 108 Å². The third-order valence-corrected chi connectivity index (χ3v) is 4.40. The molecule has 106 valence electrons. The second-order valence-corrected chi connectivity index (χ2v) is 7.94. The molecular formula is C11H21NO5S. The first-order chi connectivity index (χ1) is 7.94. The standard InChI is InChI=1S/C11H21NO5S/c1-10(2)7-12(8-11(3,4)17-10)18(15,16)6-5-9(13)14/h5-8H2,1-4H3,(H,13,14). The summed E-state index contributed by atoms with van der Waals surface area (Å²) < 4.78 is 31.3. The highest BCUT2D eigenvalue weighted by atomic mass is 32.2. The zero-order valence-corrected chi connectivity index (χ0v) is 12.1. The number of carboxylic acid groups (broad SMARTS) is 1. The van der Waals surface area contributed by atoms with Crippen LogP contribution in [0.5, 0.6) is 0 Å². The van der Waals surface area contributed by atoms with E-state index in [1.54, 1.807) is 0 Å². The number of rotatable bonds is 4. The molecule has 0 amide bonds. The SMILES string of the molecule is CC1(C)CN(S(=O)(=O)CCC(=O)O)CC(C)(C)O1. The summed E-state index contributed by atoms with van der Waals surface area (Å²) in [4.78, 5) is 10.5. The van der Waals surface area contributed by atoms with Gasteiger partial charge in [-0.15, -0.1) is 0 Å². The Morgan fingerprint density at radius 1 is 1.22 bits per heavy atom. The molecule has 0 bridgehead atoms. The number of carbonyl (C=O) groups is 1. The number of hydrogen-bond donors (Lipinski definition) is 1. The van der Waals surface area contributed by atoms with E-state index >= 15 is 0 Å². The molecule has 6 nitrogen and oxygen atoms in total. The second kappa shape index (κ2) is 4.79. The van der Waals surface area contributed by atoms with E-state index < -0.39 is 27.2 Å². The number of morpholine rings is 1. The van der Waals surface area contributed by atoms with Gasteiger partial charge in [-0.1, -0.05) is 0 Å². The Morgan fingerprint density at radius 2 is 1.67 bits per heavy atom. The molecule has 0 radical (unpaired) electrons. The van der Waals surface area contributed by atoms with Gasteiger partial charge in [0.2, 0.25) is 10.0 Å². The van der Waals surface area contributed by atoms with Gasteiger partial charge in [-0.3, -0.25) is 4.79 Å². The highest BCUT2D eigenvalue weighted by Gasteiger charge is 2.42. The molecule has 1 fully saturated rings. The second-order valence-electron chi connectivity index (χ2n) is 5.85. The highest BCUT2D eigenvalue weighted by Crippen LogP contribution is 2.29. The summed E-state index contributed by atoms with van der Waals surface area (Å²) in [6.07, 6.45) is -0.374. The van der Waals surface area contributed by atoms with E-state index in [1.165, 1.54) is 4.31 Å². The van der Waals surface area contributed by atoms with Crippen molar-refractivity contribution < 1.29 is 23.1 Å². The maximum atomic E-state index is 12.1. The number of nitrogens with zero attached hydrogens (tertiary/aromatic N) is 1. The van der Waals surface area contributed by atoms with Crippen LogP contribution < -0.4 is 0 Å². The van der Waals surface area contributed by atoms with Crippen molar-refractivity contribution in [3.63, 3.8) is 0 Å². The van der Waals surface area contributed by atoms with Crippen LogP contribution in [0.3, 0.4) is 0 Å². The maximum Gasteiger partial charge on any atom is 0.304 e. The summed E-state index contributed by atoms with van der Waals surface area (Å²) >= 11 is 0. The van der Waals surface area contributed by atoms with E-state index in [0.717, 1.165) is 0 Å². The topological polar surface area (TPSA) is 83.9 Å². The number of sulfonamides is 1. The fraction of sp³-hybridized carbons (Fsp3) is 0.909. The molecule has 7 heteroatoms. The Morgan fingerprint density at radius 3 is 2.06 bits per heavy atom. The van der Waals surface area contributed by atoms with Gasteiger partial charge in [-0.05, 0) is 27.7 Å². The predicted molar refractivity (Wildman–Crippen MR) is 66.9 cm³/mol. The quantitative estimate of drug-likeness (QED) is 0.818. The van der Waals surface area contributed by atoms with Gasteiger partial charge in [-0.25, -0.2) is 8.42 Å². The van der Waals surface area contributed by atoms with Crippen LogP contribution in [0.25, 0.3) is 0 Å². The summed E-state index contributed by atoms with van der Waals surface area (Å²) in [5.41, 5.74) is -1.14. The predicted octanol–water partition coefficient (Wildman–Crippen LogP) is 0.680. The lowest BCUT2D eigenvalue weighted by molar-refractivity contribution is -0.163. The number of ether oxygens (including phenoxy) is 1. The zero-order chi connectivity index (χ0) is 14.2. The van der Waals surface area contributed by atoms with Gasteiger partial charge in [0.1, 0.15) is 0 Å². The smallest absolute Gasteiger partial charge is 0.304 e. The van der Waals surface area contributed by atoms with Gasteiger partial charge >= 0.3 is 5.97 Å². The summed E-state index contributed by atoms with van der Waals surface area (Å²) in [6.45, 7) is 7.80. The van der Waals surface area contributed by atoms with Crippen LogP contribution >= 0.6 is 0 Å². The molecule has 1 heterocycles. The minimum atomic E-state index is -3.55. The van der Waals surface area contributed by atoms with Gasteiger partial charge < -0.3 is 9.84 Å². The molecular weight excluding hydrogens is 258 g/mol. The van der Waals surface area contributed by atoms with E-state index in [9.17, 15) is 13.2 Å². The number of hydrogen-bond acceptors (Lipinski definition) is 4. The minimum Gasteiger partial charge on any atom is -0.481 e. The first-order valence-electron chi connectivity index (χ1n) is 5.83. The van der Waals surface area contributed by atoms with Crippen molar-refractivity contribution in [2.75, 3.05) is 18.8 Å². The lowest BCUT2D eigenvalue weighted by Crippen LogP contribution is -2.58. The molecule has 0 unspecified atom stereocenters. The summed E-state index contributed by atoms with van der Waals surface area (Å²) in [7, 11) is -3.55. The molecule has 0 aromatic heterocycles. The molecule has 18 heavy (non-hydrogen) atoms. The van der Waals surface area contributed by atoms with Crippen molar-refractivity contribution in [2.24, 2.45) is 0 Å². The number of aliphatic carboxylic acids is 1. The normalized spacial score (nSPS) is 23.8. The van der Waals surface area contributed by atoms with Crippen LogP contribution in [-0.2, 0) is 19.6 Å². The lowest BCUT2D eigenvalue weighted by Gasteiger charge is -2.46. The van der Waals surface area contributed by atoms with Gasteiger partial charge in [0.15, 0.2) is 0 Å². The molecule has 1 saturated heterocycles. The first kappa shape index (κ1) is 15.4. The summed E-state index contributed by atoms with van der Waals surface area (Å²) in [5.74, 6) is -1.47. The average molecular weight is 279 g/mol. The van der Waals surface area contributed by atoms with Crippen LogP contribution in [-0.4, -0.2) is 53.8 Å². The van der Waals surface area contributed by atoms with Gasteiger partial charge in [-0.2, -0.15) is 4.31 Å². The van der Waals surface area contributed by atoms with Gasteiger partial charge in [0.05, 0.1) is 23.4 Å². The van der Waals surface area contributed by atoms with Crippen LogP contribution in [0.1, 0.15) is 34.1 Å². The van der Waals surface area contributed by atoms with Crippen molar-refractivity contribution in [1.29, 1.82) is 0 Å². The van der Waals surface area contributed by atoms with Crippen molar-refractivity contribution in [2.45, 2.75) is 45.3 Å². The Kier molecular flexibility index (Phi) is 4.10. The molecule has 1 N–H and O–H groups in total. The largest absolute Gasteiger partial charge is 0.481 e. The molecule has 1 rings (SSSR count). The van der Waals surface area contributed by atoms with Crippen LogP contribution in [0.2, 0.25) is 0 Å². The third kappa shape index (κ3) is 4.22. The van der Waals surface area contributed by atoms with Gasteiger partial charge in [0, 0.05) is 13.1 Å². The minimum absolute atomic E-state index is 0.248. The fourth-order valence-electron chi connectivity index (χ4n) is 2.26. The molecule has 0 aliphatic carbocycles. The van der Waals surface area contributed by atoms with Crippen molar-refractivity contribution in [3.05, 3.63) is 0 Å². The van der Waals surface area contributed by atoms with Crippen LogP contribution in [0.4, 0.5) is 0 Å². The van der Waals surface area contributed by atoms with Gasteiger partial charge in [0.25, 0.3) is 0 Å². The van der Waals surface area contributed by atoms with E-state index in [0.29, 0.717) is 0 Å². The molecule has 1 aliphatic heterocycles. The Bertz CT molecular complexity index is 411. The van der Waals surface area contributed by atoms with E-state index in [1.807, 2.05) is 27.7 Å². The monoisotopic (exact) mass is 279 g/mol. The average Bonchev–Trinajstić information content (AvgIpc) is 2.09. The van der Waals surface area contributed by atoms with E-state index in [2.05, 4.69) is 0 Å². The molecule has 0 aromatic rings. The van der Waals surface area contributed by atoms with Crippen molar-refractivity contribution >= 4 is 16.0 Å². The van der Waals surface area contributed by atoms with Crippen LogP contribution in [0.15, 0.2) is 0 Å². The molecule has 0 spiro atoms. The van der Waals surface area contributed by atoms with Crippen molar-refractivity contribution in [3.8, 4) is 0 Å². The molecule has 0 saturated carbocycles. The first-order valence-corrected chi connectivity index (χ1v) is 7.44. The summed E-state index contributed by atoms with van der Waals surface area (Å²) in [6, 6.07) is 0. The molecule has 1 aliphatic rings. The Balaban J connectivity index is 2.85.